The van der Waals surface area contributed by atoms with E-state index in [1.165, 1.54) is 44.1 Å². The van der Waals surface area contributed by atoms with Gasteiger partial charge in [0.15, 0.2) is 0 Å². The second kappa shape index (κ2) is 8.79. The average molecular weight is 354 g/mol. The van der Waals surface area contributed by atoms with Crippen LogP contribution >= 0.6 is 15.9 Å². The van der Waals surface area contributed by atoms with Gasteiger partial charge in [0.05, 0.1) is 11.6 Å². The van der Waals surface area contributed by atoms with Crippen LogP contribution in [0.5, 0.6) is 5.75 Å². The normalized spacial score (nSPS) is 17.1. The Hall–Kier alpha value is -0.540. The van der Waals surface area contributed by atoms with Crippen LogP contribution in [0, 0.1) is 5.92 Å². The Morgan fingerprint density at radius 3 is 2.71 bits per heavy atom. The average Bonchev–Trinajstić information content (AvgIpc) is 2.98. The minimum Gasteiger partial charge on any atom is -0.496 e. The van der Waals surface area contributed by atoms with Gasteiger partial charge < -0.3 is 10.1 Å². The minimum absolute atomic E-state index is 0.605. The molecule has 1 aromatic carbocycles. The highest BCUT2D eigenvalue weighted by molar-refractivity contribution is 9.10. The highest BCUT2D eigenvalue weighted by Gasteiger charge is 2.20. The molecule has 0 bridgehead atoms. The molecule has 2 nitrogen and oxygen atoms in total. The first kappa shape index (κ1) is 16.8. The molecule has 0 aromatic heterocycles. The molecule has 1 aromatic rings. The van der Waals surface area contributed by atoms with Gasteiger partial charge in [0.1, 0.15) is 5.75 Å². The zero-order valence-corrected chi connectivity index (χ0v) is 14.9. The standard InChI is InChI=1S/C18H28BrNO/c1-3-10-20-16(11-14-6-4-5-7-14)12-15-8-9-18(21-2)17(19)13-15/h8-9,13-14,16,20H,3-7,10-12H2,1-2H3. The zero-order valence-electron chi connectivity index (χ0n) is 13.3. The van der Waals surface area contributed by atoms with Crippen LogP contribution in [0.3, 0.4) is 0 Å². The van der Waals surface area contributed by atoms with E-state index in [2.05, 4.69) is 46.4 Å². The summed E-state index contributed by atoms with van der Waals surface area (Å²) >= 11 is 3.59. The van der Waals surface area contributed by atoms with Crippen molar-refractivity contribution in [2.24, 2.45) is 5.92 Å². The van der Waals surface area contributed by atoms with Crippen molar-refractivity contribution < 1.29 is 4.74 Å². The molecule has 3 heteroatoms. The van der Waals surface area contributed by atoms with Gasteiger partial charge in [-0.15, -0.1) is 0 Å². The number of ether oxygens (including phenoxy) is 1. The molecule has 0 saturated heterocycles. The van der Waals surface area contributed by atoms with Gasteiger partial charge in [-0.05, 0) is 65.4 Å². The van der Waals surface area contributed by atoms with Crippen molar-refractivity contribution in [3.63, 3.8) is 0 Å². The van der Waals surface area contributed by atoms with Gasteiger partial charge in [-0.1, -0.05) is 38.7 Å². The third-order valence-electron chi connectivity index (χ3n) is 4.47. The van der Waals surface area contributed by atoms with E-state index in [9.17, 15) is 0 Å². The summed E-state index contributed by atoms with van der Waals surface area (Å²) in [5, 5.41) is 3.75. The molecule has 1 saturated carbocycles. The lowest BCUT2D eigenvalue weighted by atomic mass is 9.94. The van der Waals surface area contributed by atoms with Gasteiger partial charge in [0.25, 0.3) is 0 Å². The fourth-order valence-corrected chi connectivity index (χ4v) is 3.95. The summed E-state index contributed by atoms with van der Waals surface area (Å²) in [5.74, 6) is 1.84. The van der Waals surface area contributed by atoms with E-state index in [1.54, 1.807) is 7.11 Å². The maximum absolute atomic E-state index is 5.31. The quantitative estimate of drug-likeness (QED) is 0.713. The Morgan fingerprint density at radius 1 is 1.33 bits per heavy atom. The number of hydrogen-bond acceptors (Lipinski definition) is 2. The Bertz CT molecular complexity index is 429. The second-order valence-corrected chi connectivity index (χ2v) is 7.06. The molecule has 0 heterocycles. The predicted octanol–water partition coefficient (Wildman–Crippen LogP) is 4.95. The third kappa shape index (κ3) is 5.30. The molecule has 0 radical (unpaired) electrons. The monoisotopic (exact) mass is 353 g/mol. The molecule has 1 aliphatic rings. The Balaban J connectivity index is 1.97. The van der Waals surface area contributed by atoms with Gasteiger partial charge in [0.2, 0.25) is 0 Å². The molecule has 1 N–H and O–H groups in total. The first-order chi connectivity index (χ1) is 10.2. The lowest BCUT2D eigenvalue weighted by Gasteiger charge is -2.22. The number of hydrogen-bond donors (Lipinski definition) is 1. The number of halogens is 1. The van der Waals surface area contributed by atoms with Gasteiger partial charge in [-0.3, -0.25) is 0 Å². The molecule has 0 amide bonds. The molecular weight excluding hydrogens is 326 g/mol. The summed E-state index contributed by atoms with van der Waals surface area (Å²) < 4.78 is 6.37. The largest absolute Gasteiger partial charge is 0.496 e. The van der Waals surface area contributed by atoms with E-state index in [0.717, 1.165) is 29.1 Å². The molecule has 1 fully saturated rings. The second-order valence-electron chi connectivity index (χ2n) is 6.21. The van der Waals surface area contributed by atoms with Crippen LogP contribution in [-0.2, 0) is 6.42 Å². The van der Waals surface area contributed by atoms with Crippen LogP contribution in [-0.4, -0.2) is 19.7 Å². The summed E-state index contributed by atoms with van der Waals surface area (Å²) in [7, 11) is 1.71. The zero-order chi connectivity index (χ0) is 15.1. The topological polar surface area (TPSA) is 21.3 Å². The fourth-order valence-electron chi connectivity index (χ4n) is 3.36. The van der Waals surface area contributed by atoms with E-state index >= 15 is 0 Å². The highest BCUT2D eigenvalue weighted by Crippen LogP contribution is 2.30. The molecule has 1 atom stereocenters. The van der Waals surface area contributed by atoms with E-state index in [4.69, 9.17) is 4.74 Å². The van der Waals surface area contributed by atoms with E-state index < -0.39 is 0 Å². The van der Waals surface area contributed by atoms with Gasteiger partial charge in [-0.2, -0.15) is 0 Å². The Kier molecular flexibility index (Phi) is 7.05. The van der Waals surface area contributed by atoms with Crippen molar-refractivity contribution in [3.05, 3.63) is 28.2 Å². The maximum atomic E-state index is 5.31. The maximum Gasteiger partial charge on any atom is 0.133 e. The van der Waals surface area contributed by atoms with Crippen molar-refractivity contribution in [2.75, 3.05) is 13.7 Å². The van der Waals surface area contributed by atoms with Crippen LogP contribution in [0.1, 0.15) is 51.0 Å². The molecular formula is C18H28BrNO. The van der Waals surface area contributed by atoms with E-state index in [0.29, 0.717) is 6.04 Å². The van der Waals surface area contributed by atoms with Crippen LogP contribution < -0.4 is 10.1 Å². The fraction of sp³-hybridized carbons (Fsp3) is 0.667. The smallest absolute Gasteiger partial charge is 0.133 e. The van der Waals surface area contributed by atoms with Crippen molar-refractivity contribution >= 4 is 15.9 Å². The van der Waals surface area contributed by atoms with Crippen molar-refractivity contribution in [2.45, 2.75) is 57.9 Å². The van der Waals surface area contributed by atoms with Crippen molar-refractivity contribution in [3.8, 4) is 5.75 Å². The molecule has 118 valence electrons. The molecule has 0 spiro atoms. The highest BCUT2D eigenvalue weighted by atomic mass is 79.9. The minimum atomic E-state index is 0.605. The van der Waals surface area contributed by atoms with Gasteiger partial charge >= 0.3 is 0 Å². The van der Waals surface area contributed by atoms with Crippen molar-refractivity contribution in [1.82, 2.24) is 5.32 Å². The predicted molar refractivity (Wildman–Crippen MR) is 93.1 cm³/mol. The summed E-state index contributed by atoms with van der Waals surface area (Å²) in [6.45, 7) is 3.36. The lowest BCUT2D eigenvalue weighted by molar-refractivity contribution is 0.384. The van der Waals surface area contributed by atoms with E-state index in [1.807, 2.05) is 0 Å². The van der Waals surface area contributed by atoms with Crippen LogP contribution in [0.2, 0.25) is 0 Å². The first-order valence-electron chi connectivity index (χ1n) is 8.28. The molecule has 21 heavy (non-hydrogen) atoms. The summed E-state index contributed by atoms with van der Waals surface area (Å²) in [5.41, 5.74) is 1.38. The molecule has 1 unspecified atom stereocenters. The SMILES string of the molecule is CCCNC(Cc1ccc(OC)c(Br)c1)CC1CCCC1. The summed E-state index contributed by atoms with van der Waals surface area (Å²) in [4.78, 5) is 0. The Morgan fingerprint density at radius 2 is 2.10 bits per heavy atom. The lowest BCUT2D eigenvalue weighted by Crippen LogP contribution is -2.33. The number of rotatable bonds is 8. The van der Waals surface area contributed by atoms with Gasteiger partial charge in [0, 0.05) is 6.04 Å². The van der Waals surface area contributed by atoms with Crippen molar-refractivity contribution in [1.29, 1.82) is 0 Å². The van der Waals surface area contributed by atoms with E-state index in [-0.39, 0.29) is 0 Å². The van der Waals surface area contributed by atoms with Gasteiger partial charge in [-0.25, -0.2) is 0 Å². The third-order valence-corrected chi connectivity index (χ3v) is 5.09. The van der Waals surface area contributed by atoms with Crippen LogP contribution in [0.4, 0.5) is 0 Å². The summed E-state index contributed by atoms with van der Waals surface area (Å²) in [6.07, 6.45) is 9.35. The Labute approximate surface area is 137 Å². The van der Waals surface area contributed by atoms with Crippen LogP contribution in [0.15, 0.2) is 22.7 Å². The summed E-state index contributed by atoms with van der Waals surface area (Å²) in [6, 6.07) is 7.06. The van der Waals surface area contributed by atoms with Crippen LogP contribution in [0.25, 0.3) is 0 Å². The number of nitrogens with one attached hydrogen (secondary N) is 1. The molecule has 2 rings (SSSR count). The first-order valence-corrected chi connectivity index (χ1v) is 9.08. The molecule has 0 aliphatic heterocycles. The number of benzene rings is 1. The number of methoxy groups -OCH3 is 1. The molecule has 1 aliphatic carbocycles.